The van der Waals surface area contributed by atoms with Crippen LogP contribution in [0.5, 0.6) is 0 Å². The van der Waals surface area contributed by atoms with E-state index in [1.807, 2.05) is 0 Å². The van der Waals surface area contributed by atoms with E-state index in [1.54, 1.807) is 12.1 Å². The van der Waals surface area contributed by atoms with Gasteiger partial charge in [0.25, 0.3) is 0 Å². The highest BCUT2D eigenvalue weighted by molar-refractivity contribution is 7.95. The molecule has 0 amide bonds. The molecular weight excluding hydrogens is 379 g/mol. The number of rotatable bonds is 5. The standard InChI is InChI=1S/C16H11ClF3NO3S/c1-8(21-10-6-12(18)15(20)13(19)7-10)9-3-4-11(17)14(5-9)25-24-16(22)23-2/h3-7,21H,1H2,2H3. The normalized spacial score (nSPS) is 10.3. The molecule has 0 bridgehead atoms. The fraction of sp³-hybridized carbons (Fsp3) is 0.0625. The molecule has 0 saturated carbocycles. The molecule has 2 aromatic rings. The molecule has 0 radical (unpaired) electrons. The van der Waals surface area contributed by atoms with Gasteiger partial charge in [0, 0.05) is 23.5 Å². The van der Waals surface area contributed by atoms with Crippen molar-refractivity contribution < 1.29 is 26.9 Å². The van der Waals surface area contributed by atoms with Crippen LogP contribution in [0.3, 0.4) is 0 Å². The van der Waals surface area contributed by atoms with Gasteiger partial charge in [0.2, 0.25) is 0 Å². The van der Waals surface area contributed by atoms with Crippen LogP contribution in [-0.4, -0.2) is 13.3 Å². The molecule has 0 aliphatic carbocycles. The van der Waals surface area contributed by atoms with Crippen LogP contribution in [0, 0.1) is 17.5 Å². The molecule has 132 valence electrons. The van der Waals surface area contributed by atoms with Crippen molar-refractivity contribution in [2.24, 2.45) is 0 Å². The Morgan fingerprint density at radius 1 is 1.20 bits per heavy atom. The largest absolute Gasteiger partial charge is 0.520 e. The van der Waals surface area contributed by atoms with Gasteiger partial charge in [-0.15, -0.1) is 0 Å². The minimum atomic E-state index is -1.55. The van der Waals surface area contributed by atoms with Crippen LogP contribution in [0.25, 0.3) is 5.70 Å². The number of carbonyl (C=O) groups excluding carboxylic acids is 1. The summed E-state index contributed by atoms with van der Waals surface area (Å²) in [7, 11) is 1.16. The fourth-order valence-electron chi connectivity index (χ4n) is 1.74. The Labute approximate surface area is 150 Å². The topological polar surface area (TPSA) is 47.6 Å². The maximum atomic E-state index is 13.3. The average molecular weight is 390 g/mol. The Morgan fingerprint density at radius 3 is 2.44 bits per heavy atom. The smallest absolute Gasteiger partial charge is 0.437 e. The first kappa shape index (κ1) is 19.0. The fourth-order valence-corrected chi connectivity index (χ4v) is 2.50. The summed E-state index contributed by atoms with van der Waals surface area (Å²) in [6.45, 7) is 3.75. The van der Waals surface area contributed by atoms with Gasteiger partial charge in [-0.25, -0.2) is 18.0 Å². The summed E-state index contributed by atoms with van der Waals surface area (Å²) in [5.74, 6) is -4.20. The Balaban J connectivity index is 2.18. The number of hydrogen-bond donors (Lipinski definition) is 1. The van der Waals surface area contributed by atoms with Crippen LogP contribution in [-0.2, 0) is 8.92 Å². The number of nitrogens with one attached hydrogen (secondary N) is 1. The monoisotopic (exact) mass is 389 g/mol. The lowest BCUT2D eigenvalue weighted by molar-refractivity contribution is 0.129. The van der Waals surface area contributed by atoms with Gasteiger partial charge < -0.3 is 14.2 Å². The highest BCUT2D eigenvalue weighted by Gasteiger charge is 2.13. The molecule has 0 spiro atoms. The van der Waals surface area contributed by atoms with E-state index >= 15 is 0 Å². The summed E-state index contributed by atoms with van der Waals surface area (Å²) < 4.78 is 48.6. The van der Waals surface area contributed by atoms with E-state index in [1.165, 1.54) is 6.07 Å². The van der Waals surface area contributed by atoms with Crippen molar-refractivity contribution >= 4 is 41.2 Å². The van der Waals surface area contributed by atoms with Crippen molar-refractivity contribution in [1.82, 2.24) is 0 Å². The number of ether oxygens (including phenoxy) is 1. The number of methoxy groups -OCH3 is 1. The predicted molar refractivity (Wildman–Crippen MR) is 89.8 cm³/mol. The summed E-state index contributed by atoms with van der Waals surface area (Å²) in [6.07, 6.45) is -0.902. The molecule has 0 atom stereocenters. The number of benzene rings is 2. The van der Waals surface area contributed by atoms with Gasteiger partial charge in [-0.05, 0) is 17.7 Å². The van der Waals surface area contributed by atoms with Crippen LogP contribution in [0.4, 0.5) is 23.7 Å². The average Bonchev–Trinajstić information content (AvgIpc) is 2.58. The van der Waals surface area contributed by atoms with Crippen LogP contribution in [0.2, 0.25) is 5.02 Å². The van der Waals surface area contributed by atoms with Crippen LogP contribution >= 0.6 is 23.6 Å². The van der Waals surface area contributed by atoms with E-state index in [9.17, 15) is 18.0 Å². The molecule has 0 heterocycles. The van der Waals surface area contributed by atoms with Crippen LogP contribution in [0.15, 0.2) is 41.8 Å². The Morgan fingerprint density at radius 2 is 1.84 bits per heavy atom. The molecule has 0 fully saturated rings. The van der Waals surface area contributed by atoms with Gasteiger partial charge in [0.15, 0.2) is 17.5 Å². The molecule has 2 aromatic carbocycles. The minimum Gasteiger partial charge on any atom is -0.437 e. The summed E-state index contributed by atoms with van der Waals surface area (Å²) in [5, 5.41) is 2.97. The van der Waals surface area contributed by atoms with E-state index in [4.69, 9.17) is 15.8 Å². The third kappa shape index (κ3) is 4.83. The molecule has 0 unspecified atom stereocenters. The molecule has 2 rings (SSSR count). The van der Waals surface area contributed by atoms with E-state index in [0.717, 1.165) is 19.2 Å². The second-order valence-electron chi connectivity index (χ2n) is 4.62. The van der Waals surface area contributed by atoms with E-state index < -0.39 is 23.6 Å². The number of carbonyl (C=O) groups is 1. The third-order valence-corrected chi connectivity index (χ3v) is 4.10. The van der Waals surface area contributed by atoms with Gasteiger partial charge in [-0.2, -0.15) is 0 Å². The number of hydrogen-bond acceptors (Lipinski definition) is 5. The molecule has 0 aliphatic rings. The summed E-state index contributed by atoms with van der Waals surface area (Å²) in [5.41, 5.74) is 0.754. The van der Waals surface area contributed by atoms with Gasteiger partial charge in [-0.3, -0.25) is 0 Å². The maximum absolute atomic E-state index is 13.3. The molecule has 4 nitrogen and oxygen atoms in total. The molecule has 0 aromatic heterocycles. The maximum Gasteiger partial charge on any atom is 0.520 e. The lowest BCUT2D eigenvalue weighted by Crippen LogP contribution is -2.01. The van der Waals surface area contributed by atoms with Gasteiger partial charge in [0.05, 0.1) is 17.0 Å². The Bertz CT molecular complexity index is 809. The zero-order chi connectivity index (χ0) is 18.6. The van der Waals surface area contributed by atoms with Crippen molar-refractivity contribution in [3.05, 3.63) is 64.9 Å². The molecule has 0 aliphatic heterocycles. The van der Waals surface area contributed by atoms with E-state index in [-0.39, 0.29) is 11.4 Å². The third-order valence-electron chi connectivity index (χ3n) is 2.92. The molecule has 0 saturated heterocycles. The molecule has 9 heteroatoms. The SMILES string of the molecule is C=C(Nc1cc(F)c(F)c(F)c1)c1ccc(Cl)c(SOC(=O)OC)c1. The van der Waals surface area contributed by atoms with Crippen molar-refractivity contribution in [3.63, 3.8) is 0 Å². The molecule has 1 N–H and O–H groups in total. The van der Waals surface area contributed by atoms with Crippen LogP contribution in [0.1, 0.15) is 5.56 Å². The minimum absolute atomic E-state index is 0.0173. The predicted octanol–water partition coefficient (Wildman–Crippen LogP) is 5.63. The second kappa shape index (κ2) is 8.17. The van der Waals surface area contributed by atoms with Gasteiger partial charge in [0.1, 0.15) is 12.0 Å². The van der Waals surface area contributed by atoms with Crippen molar-refractivity contribution in [1.29, 1.82) is 0 Å². The highest BCUT2D eigenvalue weighted by atomic mass is 35.5. The zero-order valence-corrected chi connectivity index (χ0v) is 14.3. The van der Waals surface area contributed by atoms with Gasteiger partial charge >= 0.3 is 6.16 Å². The Hall–Kier alpha value is -2.32. The first-order chi connectivity index (χ1) is 11.8. The summed E-state index contributed by atoms with van der Waals surface area (Å²) >= 11 is 6.68. The first-order valence-corrected chi connectivity index (χ1v) is 7.76. The second-order valence-corrected chi connectivity index (χ2v) is 5.80. The highest BCUT2D eigenvalue weighted by Crippen LogP contribution is 2.31. The number of halogens is 4. The van der Waals surface area contributed by atoms with Crippen molar-refractivity contribution in [2.75, 3.05) is 12.4 Å². The van der Waals surface area contributed by atoms with Crippen molar-refractivity contribution in [3.8, 4) is 0 Å². The molecule has 25 heavy (non-hydrogen) atoms. The quantitative estimate of drug-likeness (QED) is 0.408. The first-order valence-electron chi connectivity index (χ1n) is 6.64. The molecular formula is C16H11ClF3NO3S. The Kier molecular flexibility index (Phi) is 6.22. The van der Waals surface area contributed by atoms with E-state index in [2.05, 4.69) is 16.6 Å². The zero-order valence-electron chi connectivity index (χ0n) is 12.7. The van der Waals surface area contributed by atoms with Crippen molar-refractivity contribution in [2.45, 2.75) is 4.90 Å². The lowest BCUT2D eigenvalue weighted by atomic mass is 10.1. The summed E-state index contributed by atoms with van der Waals surface area (Å²) in [6, 6.07) is 6.27. The number of anilines is 1. The van der Waals surface area contributed by atoms with Gasteiger partial charge in [-0.1, -0.05) is 24.2 Å². The lowest BCUT2D eigenvalue weighted by Gasteiger charge is -2.12. The van der Waals surface area contributed by atoms with Crippen LogP contribution < -0.4 is 5.32 Å². The summed E-state index contributed by atoms with van der Waals surface area (Å²) in [4.78, 5) is 11.4. The van der Waals surface area contributed by atoms with E-state index in [0.29, 0.717) is 27.5 Å².